The maximum atomic E-state index is 11.1. The summed E-state index contributed by atoms with van der Waals surface area (Å²) >= 11 is 0. The molecule has 19 heavy (non-hydrogen) atoms. The van der Waals surface area contributed by atoms with Gasteiger partial charge in [0, 0.05) is 25.4 Å². The van der Waals surface area contributed by atoms with Gasteiger partial charge in [-0.2, -0.15) is 0 Å². The van der Waals surface area contributed by atoms with Crippen LogP contribution in [0, 0.1) is 10.1 Å². The van der Waals surface area contributed by atoms with Crippen LogP contribution in [-0.2, 0) is 11.2 Å². The summed E-state index contributed by atoms with van der Waals surface area (Å²) in [6.07, 6.45) is 4.57. The molecule has 1 fully saturated rings. The average molecular weight is 262 g/mol. The lowest BCUT2D eigenvalue weighted by Gasteiger charge is -2.25. The predicted octanol–water partition coefficient (Wildman–Crippen LogP) is 2.46. The number of ether oxygens (including phenoxy) is 1. The van der Waals surface area contributed by atoms with Gasteiger partial charge in [-0.1, -0.05) is 19.1 Å². The van der Waals surface area contributed by atoms with E-state index in [1.54, 1.807) is 12.1 Å². The Morgan fingerprint density at radius 3 is 2.79 bits per heavy atom. The van der Waals surface area contributed by atoms with Crippen LogP contribution in [0.1, 0.15) is 18.1 Å². The molecule has 0 bridgehead atoms. The third-order valence-corrected chi connectivity index (χ3v) is 3.25. The summed E-state index contributed by atoms with van der Waals surface area (Å²) in [6, 6.07) is 5.23. The van der Waals surface area contributed by atoms with Gasteiger partial charge < -0.3 is 9.64 Å². The highest BCUT2D eigenvalue weighted by atomic mass is 16.6. The van der Waals surface area contributed by atoms with E-state index in [9.17, 15) is 10.1 Å². The Morgan fingerprint density at radius 1 is 1.42 bits per heavy atom. The zero-order chi connectivity index (χ0) is 13.7. The molecule has 102 valence electrons. The van der Waals surface area contributed by atoms with Crippen LogP contribution in [0.3, 0.4) is 0 Å². The van der Waals surface area contributed by atoms with E-state index >= 15 is 0 Å². The first kappa shape index (κ1) is 13.5. The lowest BCUT2D eigenvalue weighted by molar-refractivity contribution is -0.385. The van der Waals surface area contributed by atoms with Gasteiger partial charge in [-0.3, -0.25) is 10.1 Å². The molecule has 0 amide bonds. The molecule has 1 aromatic rings. The van der Waals surface area contributed by atoms with Crippen molar-refractivity contribution in [1.29, 1.82) is 0 Å². The number of aryl methyl sites for hydroxylation is 1. The van der Waals surface area contributed by atoms with Crippen molar-refractivity contribution in [2.24, 2.45) is 0 Å². The molecule has 0 atom stereocenters. The second kappa shape index (κ2) is 6.33. The highest BCUT2D eigenvalue weighted by Gasteiger charge is 2.14. The van der Waals surface area contributed by atoms with Crippen molar-refractivity contribution < 1.29 is 9.66 Å². The third-order valence-electron chi connectivity index (χ3n) is 3.25. The van der Waals surface area contributed by atoms with Crippen molar-refractivity contribution in [3.8, 4) is 0 Å². The van der Waals surface area contributed by atoms with Crippen LogP contribution in [0.25, 0.3) is 6.08 Å². The van der Waals surface area contributed by atoms with Gasteiger partial charge in [0.05, 0.1) is 23.7 Å². The molecule has 0 N–H and O–H groups in total. The summed E-state index contributed by atoms with van der Waals surface area (Å²) in [5, 5.41) is 11.1. The Bertz CT molecular complexity index is 480. The predicted molar refractivity (Wildman–Crippen MR) is 73.9 cm³/mol. The molecule has 1 saturated heterocycles. The van der Waals surface area contributed by atoms with E-state index in [1.165, 1.54) is 0 Å². The van der Waals surface area contributed by atoms with Crippen LogP contribution in [0.5, 0.6) is 0 Å². The molecule has 1 aliphatic heterocycles. The van der Waals surface area contributed by atoms with Crippen molar-refractivity contribution >= 4 is 11.8 Å². The SMILES string of the molecule is CCc1cccc([N+](=O)[O-])c1C=CN1CCOCC1. The monoisotopic (exact) mass is 262 g/mol. The minimum atomic E-state index is -0.321. The first-order chi connectivity index (χ1) is 9.22. The van der Waals surface area contributed by atoms with E-state index in [-0.39, 0.29) is 10.6 Å². The van der Waals surface area contributed by atoms with Crippen LogP contribution in [0.4, 0.5) is 5.69 Å². The van der Waals surface area contributed by atoms with Gasteiger partial charge >= 0.3 is 0 Å². The Kier molecular flexibility index (Phi) is 4.52. The fourth-order valence-corrected chi connectivity index (χ4v) is 2.17. The number of morpholine rings is 1. The minimum Gasteiger partial charge on any atom is -0.378 e. The Balaban J connectivity index is 2.26. The minimum absolute atomic E-state index is 0.170. The van der Waals surface area contributed by atoms with E-state index in [0.717, 1.165) is 25.1 Å². The summed E-state index contributed by atoms with van der Waals surface area (Å²) < 4.78 is 5.27. The number of hydrogen-bond donors (Lipinski definition) is 0. The maximum Gasteiger partial charge on any atom is 0.276 e. The fraction of sp³-hybridized carbons (Fsp3) is 0.429. The molecule has 1 heterocycles. The number of rotatable bonds is 4. The number of hydrogen-bond acceptors (Lipinski definition) is 4. The topological polar surface area (TPSA) is 55.6 Å². The summed E-state index contributed by atoms with van der Waals surface area (Å²) in [6.45, 7) is 5.09. The molecular formula is C14H18N2O3. The second-order valence-electron chi connectivity index (χ2n) is 4.42. The first-order valence-electron chi connectivity index (χ1n) is 6.48. The molecule has 5 nitrogen and oxygen atoms in total. The molecule has 0 unspecified atom stereocenters. The van der Waals surface area contributed by atoms with Gasteiger partial charge in [0.25, 0.3) is 5.69 Å². The zero-order valence-corrected chi connectivity index (χ0v) is 11.0. The highest BCUT2D eigenvalue weighted by molar-refractivity contribution is 5.64. The van der Waals surface area contributed by atoms with Gasteiger partial charge in [-0.05, 0) is 18.1 Å². The van der Waals surface area contributed by atoms with Gasteiger partial charge in [0.1, 0.15) is 0 Å². The smallest absolute Gasteiger partial charge is 0.276 e. The van der Waals surface area contributed by atoms with E-state index in [1.807, 2.05) is 25.3 Å². The van der Waals surface area contributed by atoms with Crippen LogP contribution < -0.4 is 0 Å². The highest BCUT2D eigenvalue weighted by Crippen LogP contribution is 2.24. The number of nitro groups is 1. The van der Waals surface area contributed by atoms with Crippen LogP contribution in [0.15, 0.2) is 24.4 Å². The summed E-state index contributed by atoms with van der Waals surface area (Å²) in [4.78, 5) is 12.9. The largest absolute Gasteiger partial charge is 0.378 e. The Labute approximate surface area is 112 Å². The summed E-state index contributed by atoms with van der Waals surface area (Å²) in [5.41, 5.74) is 1.88. The summed E-state index contributed by atoms with van der Waals surface area (Å²) in [7, 11) is 0. The first-order valence-corrected chi connectivity index (χ1v) is 6.48. The van der Waals surface area contributed by atoms with Crippen molar-refractivity contribution in [3.05, 3.63) is 45.6 Å². The van der Waals surface area contributed by atoms with Crippen LogP contribution in [-0.4, -0.2) is 36.1 Å². The van der Waals surface area contributed by atoms with Crippen molar-refractivity contribution in [2.75, 3.05) is 26.3 Å². The van der Waals surface area contributed by atoms with E-state index in [4.69, 9.17) is 4.74 Å². The number of benzene rings is 1. The molecule has 0 spiro atoms. The maximum absolute atomic E-state index is 11.1. The van der Waals surface area contributed by atoms with E-state index in [0.29, 0.717) is 18.8 Å². The molecule has 0 radical (unpaired) electrons. The van der Waals surface area contributed by atoms with Crippen molar-refractivity contribution in [3.63, 3.8) is 0 Å². The normalized spacial score (nSPS) is 15.9. The summed E-state index contributed by atoms with van der Waals surface area (Å²) in [5.74, 6) is 0. The second-order valence-corrected chi connectivity index (χ2v) is 4.42. The van der Waals surface area contributed by atoms with Gasteiger partial charge in [0.2, 0.25) is 0 Å². The van der Waals surface area contributed by atoms with Crippen LogP contribution in [0.2, 0.25) is 0 Å². The lowest BCUT2D eigenvalue weighted by Crippen LogP contribution is -2.31. The fourth-order valence-electron chi connectivity index (χ4n) is 2.17. The molecule has 2 rings (SSSR count). The molecule has 5 heteroatoms. The Hall–Kier alpha value is -1.88. The number of nitro benzene ring substituents is 1. The molecule has 0 aromatic heterocycles. The van der Waals surface area contributed by atoms with Crippen molar-refractivity contribution in [2.45, 2.75) is 13.3 Å². The van der Waals surface area contributed by atoms with E-state index in [2.05, 4.69) is 4.90 Å². The molecule has 1 aliphatic rings. The van der Waals surface area contributed by atoms with Crippen LogP contribution >= 0.6 is 0 Å². The number of nitrogens with zero attached hydrogens (tertiary/aromatic N) is 2. The van der Waals surface area contributed by atoms with Gasteiger partial charge in [-0.15, -0.1) is 0 Å². The lowest BCUT2D eigenvalue weighted by atomic mass is 10.0. The molecule has 0 aliphatic carbocycles. The standard InChI is InChI=1S/C14H18N2O3/c1-2-12-4-3-5-14(16(17)18)13(12)6-7-15-8-10-19-11-9-15/h3-7H,2,8-11H2,1H3. The zero-order valence-electron chi connectivity index (χ0n) is 11.0. The van der Waals surface area contributed by atoms with Gasteiger partial charge in [0.15, 0.2) is 0 Å². The van der Waals surface area contributed by atoms with Crippen molar-refractivity contribution in [1.82, 2.24) is 4.90 Å². The average Bonchev–Trinajstić information content (AvgIpc) is 2.45. The third kappa shape index (κ3) is 3.32. The molecular weight excluding hydrogens is 244 g/mol. The van der Waals surface area contributed by atoms with Gasteiger partial charge in [-0.25, -0.2) is 0 Å². The Morgan fingerprint density at radius 2 is 2.16 bits per heavy atom. The van der Waals surface area contributed by atoms with E-state index < -0.39 is 0 Å². The quantitative estimate of drug-likeness (QED) is 0.618. The molecule has 0 saturated carbocycles. The molecule has 1 aromatic carbocycles.